The maximum Gasteiger partial charge on any atom is 0.391 e. The van der Waals surface area contributed by atoms with E-state index in [0.29, 0.717) is 38.9 Å². The first-order valence-corrected chi connectivity index (χ1v) is 16.1. The zero-order chi connectivity index (χ0) is 42.4. The van der Waals surface area contributed by atoms with Crippen LogP contribution in [0.3, 0.4) is 0 Å². The van der Waals surface area contributed by atoms with Gasteiger partial charge in [0.1, 0.15) is 5.58 Å². The van der Waals surface area contributed by atoms with E-state index >= 15 is 0 Å². The van der Waals surface area contributed by atoms with Crippen LogP contribution in [0, 0.1) is 25.8 Å². The van der Waals surface area contributed by atoms with E-state index in [4.69, 9.17) is 15.4 Å². The van der Waals surface area contributed by atoms with Crippen LogP contribution in [0.1, 0.15) is 78.3 Å². The first-order valence-electron chi connectivity index (χ1n) is 20.1. The monoisotopic (exact) mass is 869 g/mol. The number of benzene rings is 4. The maximum absolute atomic E-state index is 13.8. The van der Waals surface area contributed by atoms with E-state index in [1.807, 2.05) is 18.2 Å². The third kappa shape index (κ3) is 8.66. The van der Waals surface area contributed by atoms with Gasteiger partial charge in [-0.25, -0.2) is 0 Å². The largest absolute Gasteiger partial charge is 0.501 e. The maximum atomic E-state index is 13.8. The van der Waals surface area contributed by atoms with Crippen LogP contribution in [0.15, 0.2) is 108 Å². The Morgan fingerprint density at radius 1 is 0.804 bits per heavy atom. The van der Waals surface area contributed by atoms with Crippen LogP contribution in [0.4, 0.5) is 13.2 Å². The second-order valence-electron chi connectivity index (χ2n) is 12.5. The number of furan rings is 1. The van der Waals surface area contributed by atoms with Crippen molar-refractivity contribution in [3.63, 3.8) is 0 Å². The number of aromatic nitrogens is 2. The average molecular weight is 869 g/mol. The fourth-order valence-corrected chi connectivity index (χ4v) is 5.91. The van der Waals surface area contributed by atoms with Gasteiger partial charge in [0.25, 0.3) is 0 Å². The third-order valence-corrected chi connectivity index (χ3v) is 8.22. The third-order valence-electron chi connectivity index (χ3n) is 8.22. The van der Waals surface area contributed by atoms with Crippen molar-refractivity contribution in [3.8, 4) is 33.6 Å². The van der Waals surface area contributed by atoms with Gasteiger partial charge in [-0.15, -0.1) is 53.1 Å². The first-order chi connectivity index (χ1) is 27.1. The Morgan fingerprint density at radius 2 is 1.53 bits per heavy atom. The van der Waals surface area contributed by atoms with Gasteiger partial charge in [0.2, 0.25) is 0 Å². The molecule has 7 aromatic rings. The van der Waals surface area contributed by atoms with Crippen LogP contribution in [0.25, 0.3) is 55.6 Å². The molecule has 0 N–H and O–H groups in total. The molecule has 0 aliphatic heterocycles. The molecule has 0 aliphatic carbocycles. The Bertz CT molecular complexity index is 2480. The number of fused-ring (bicyclic) bond motifs is 3. The van der Waals surface area contributed by atoms with E-state index < -0.39 is 31.8 Å². The standard InChI is InChI=1S/C31H27F3NO.C13H12N.Ir/c1-18(2)22-9-7-10-23(19(3)4)29(22)21-12-13-35-27(16-21)26-15-20(17-31(32,33)34)14-25-24-8-5-6-11-28(24)36-30(25)26;1-10-3-6-12(7-4-10)13-8-5-11(2)9-14-13;/h5-14,16,18-19H,17H2,1-4H3;3-6,8-9H,1-2H3;/q2*-1;/i17D2;1D3,2D3;. The average Bonchev–Trinajstić information content (AvgIpc) is 3.55. The summed E-state index contributed by atoms with van der Waals surface area (Å²) in [6, 6.07) is 31.3. The first kappa shape index (κ1) is 28.1. The topological polar surface area (TPSA) is 38.9 Å². The predicted octanol–water partition coefficient (Wildman–Crippen LogP) is 12.6. The molecular weight excluding hydrogens is 822 g/mol. The van der Waals surface area contributed by atoms with Crippen LogP contribution >= 0.6 is 0 Å². The minimum Gasteiger partial charge on any atom is -0.501 e. The van der Waals surface area contributed by atoms with Crippen LogP contribution in [0.2, 0.25) is 0 Å². The van der Waals surface area contributed by atoms with Gasteiger partial charge < -0.3 is 14.4 Å². The number of alkyl halides is 3. The molecule has 7 heteroatoms. The summed E-state index contributed by atoms with van der Waals surface area (Å²) in [5.41, 5.74) is 6.57. The molecule has 3 heterocycles. The van der Waals surface area contributed by atoms with Crippen molar-refractivity contribution >= 4 is 21.9 Å². The number of rotatable bonds is 6. The van der Waals surface area contributed by atoms with Gasteiger partial charge in [-0.05, 0) is 70.0 Å². The molecule has 7 rings (SSSR count). The zero-order valence-electron chi connectivity index (χ0n) is 36.2. The molecular formula is C44H39F3IrN2O-2. The molecule has 0 atom stereocenters. The Kier molecular flexibility index (Phi) is 8.67. The van der Waals surface area contributed by atoms with Crippen LogP contribution in [0.5, 0.6) is 0 Å². The molecule has 0 saturated heterocycles. The number of nitrogens with zero attached hydrogens (tertiary/aromatic N) is 2. The normalized spacial score (nSPS) is 14.6. The summed E-state index contributed by atoms with van der Waals surface area (Å²) < 4.78 is 107. The van der Waals surface area contributed by atoms with Crippen molar-refractivity contribution in [2.75, 3.05) is 0 Å². The van der Waals surface area contributed by atoms with Crippen molar-refractivity contribution in [1.29, 1.82) is 0 Å². The smallest absolute Gasteiger partial charge is 0.391 e. The summed E-state index contributed by atoms with van der Waals surface area (Å²) >= 11 is 0. The van der Waals surface area contributed by atoms with E-state index in [9.17, 15) is 13.2 Å². The predicted molar refractivity (Wildman–Crippen MR) is 197 cm³/mol. The number of hydrogen-bond donors (Lipinski definition) is 0. The summed E-state index contributed by atoms with van der Waals surface area (Å²) in [5.74, 6) is 0.493. The number of aryl methyl sites for hydroxylation is 2. The Morgan fingerprint density at radius 3 is 2.16 bits per heavy atom. The summed E-state index contributed by atoms with van der Waals surface area (Å²) in [4.78, 5) is 8.57. The van der Waals surface area contributed by atoms with E-state index in [1.165, 1.54) is 30.5 Å². The summed E-state index contributed by atoms with van der Waals surface area (Å²) in [6.07, 6.45) is -5.81. The summed E-state index contributed by atoms with van der Waals surface area (Å²) in [7, 11) is 0. The molecule has 4 aromatic carbocycles. The zero-order valence-corrected chi connectivity index (χ0v) is 30.6. The molecule has 3 aromatic heterocycles. The summed E-state index contributed by atoms with van der Waals surface area (Å²) in [6.45, 7) is 4.16. The molecule has 0 saturated carbocycles. The van der Waals surface area contributed by atoms with Gasteiger partial charge in [-0.2, -0.15) is 13.2 Å². The SMILES string of the molecule is [2H]C([2H])([2H])c1c[c-]c(-c2ccc(C([2H])([2H])[2H])cn2)cc1.[2H]C([2H])(c1[c-]c(-c2cc(-c3c(C(C)C)cccc3C(C)C)ccn2)c2oc3ccccc3c2c1)C(F)(F)F.[Ir]. The molecule has 51 heavy (non-hydrogen) atoms. The summed E-state index contributed by atoms with van der Waals surface area (Å²) in [5, 5.41) is 0.982. The van der Waals surface area contributed by atoms with Crippen molar-refractivity contribution in [2.45, 2.75) is 65.8 Å². The molecule has 3 nitrogen and oxygen atoms in total. The van der Waals surface area contributed by atoms with Gasteiger partial charge in [-0.3, -0.25) is 0 Å². The van der Waals surface area contributed by atoms with Gasteiger partial charge >= 0.3 is 6.18 Å². The van der Waals surface area contributed by atoms with Gasteiger partial charge in [0, 0.05) is 48.9 Å². The van der Waals surface area contributed by atoms with E-state index in [-0.39, 0.29) is 48.6 Å². The van der Waals surface area contributed by atoms with Gasteiger partial charge in [0.05, 0.1) is 12.0 Å². The molecule has 1 radical (unpaired) electrons. The number of para-hydroxylation sites is 1. The fraction of sp³-hybridized carbons (Fsp3) is 0.227. The van der Waals surface area contributed by atoms with E-state index in [1.54, 1.807) is 42.6 Å². The molecule has 0 amide bonds. The molecule has 0 unspecified atom stereocenters. The molecule has 263 valence electrons. The molecule has 0 aliphatic rings. The second-order valence-corrected chi connectivity index (χ2v) is 12.5. The minimum atomic E-state index is -5.12. The van der Waals surface area contributed by atoms with Gasteiger partial charge in [-0.1, -0.05) is 100 Å². The van der Waals surface area contributed by atoms with Crippen molar-refractivity contribution in [3.05, 3.63) is 143 Å². The Labute approximate surface area is 322 Å². The fourth-order valence-electron chi connectivity index (χ4n) is 5.91. The second kappa shape index (κ2) is 15.8. The van der Waals surface area contributed by atoms with Crippen molar-refractivity contribution in [2.24, 2.45) is 0 Å². The Balaban J connectivity index is 0.000000267. The Hall–Kier alpha value is -4.58. The number of halogens is 3. The quantitative estimate of drug-likeness (QED) is 0.156. The van der Waals surface area contributed by atoms with Crippen molar-refractivity contribution < 1.29 is 48.7 Å². The molecule has 0 bridgehead atoms. The number of hydrogen-bond acceptors (Lipinski definition) is 3. The molecule has 0 spiro atoms. The molecule has 0 fully saturated rings. The van der Waals surface area contributed by atoms with Crippen LogP contribution in [-0.4, -0.2) is 16.1 Å². The van der Waals surface area contributed by atoms with E-state index in [0.717, 1.165) is 22.3 Å². The minimum absolute atomic E-state index is 0. The van der Waals surface area contributed by atoms with E-state index in [2.05, 4.69) is 61.9 Å². The van der Waals surface area contributed by atoms with Gasteiger partial charge in [0.15, 0.2) is 0 Å². The van der Waals surface area contributed by atoms with Crippen LogP contribution < -0.4 is 0 Å². The van der Waals surface area contributed by atoms with Crippen molar-refractivity contribution in [1.82, 2.24) is 9.97 Å². The number of pyridine rings is 2. The van der Waals surface area contributed by atoms with Crippen LogP contribution in [-0.2, 0) is 26.5 Å².